The first-order chi connectivity index (χ1) is 9.47. The number of rotatable bonds is 3. The van der Waals surface area contributed by atoms with Gasteiger partial charge in [0.2, 0.25) is 0 Å². The van der Waals surface area contributed by atoms with Crippen molar-refractivity contribution >= 4 is 11.9 Å². The van der Waals surface area contributed by atoms with E-state index in [1.165, 1.54) is 16.7 Å². The van der Waals surface area contributed by atoms with Crippen LogP contribution in [-0.2, 0) is 0 Å². The summed E-state index contributed by atoms with van der Waals surface area (Å²) < 4.78 is 0. The van der Waals surface area contributed by atoms with Gasteiger partial charge in [0, 0.05) is 5.56 Å². The van der Waals surface area contributed by atoms with Crippen molar-refractivity contribution in [2.45, 2.75) is 27.7 Å². The van der Waals surface area contributed by atoms with Crippen LogP contribution in [0, 0.1) is 27.7 Å². The molecule has 2 aromatic carbocycles. The van der Waals surface area contributed by atoms with Crippen LogP contribution in [0.1, 0.15) is 38.2 Å². The molecule has 0 heterocycles. The summed E-state index contributed by atoms with van der Waals surface area (Å²) in [7, 11) is 0. The highest BCUT2D eigenvalue weighted by molar-refractivity contribution is 6.06. The van der Waals surface area contributed by atoms with Crippen LogP contribution in [0.15, 0.2) is 42.5 Å². The SMILES string of the molecule is Cc1ccc(C(=O)/C=C/c2cc(C)c(C)c(C)c2)cc1. The molecule has 0 fully saturated rings. The number of allylic oxidation sites excluding steroid dienone is 1. The second kappa shape index (κ2) is 5.87. The van der Waals surface area contributed by atoms with Gasteiger partial charge < -0.3 is 0 Å². The molecule has 0 spiro atoms. The topological polar surface area (TPSA) is 17.1 Å². The van der Waals surface area contributed by atoms with E-state index in [1.54, 1.807) is 6.08 Å². The van der Waals surface area contributed by atoms with E-state index in [9.17, 15) is 4.79 Å². The minimum absolute atomic E-state index is 0.0425. The van der Waals surface area contributed by atoms with Crippen molar-refractivity contribution in [1.29, 1.82) is 0 Å². The summed E-state index contributed by atoms with van der Waals surface area (Å²) in [6.07, 6.45) is 3.54. The smallest absolute Gasteiger partial charge is 0.185 e. The lowest BCUT2D eigenvalue weighted by Crippen LogP contribution is -1.94. The molecule has 102 valence electrons. The van der Waals surface area contributed by atoms with Crippen molar-refractivity contribution in [2.75, 3.05) is 0 Å². The van der Waals surface area contributed by atoms with E-state index in [4.69, 9.17) is 0 Å². The van der Waals surface area contributed by atoms with Gasteiger partial charge in [-0.2, -0.15) is 0 Å². The first kappa shape index (κ1) is 14.3. The number of ketones is 1. The molecule has 1 nitrogen and oxygen atoms in total. The number of benzene rings is 2. The zero-order valence-corrected chi connectivity index (χ0v) is 12.5. The molecule has 0 aliphatic rings. The molecule has 0 N–H and O–H groups in total. The summed E-state index contributed by atoms with van der Waals surface area (Å²) >= 11 is 0. The average molecular weight is 264 g/mol. The van der Waals surface area contributed by atoms with E-state index in [1.807, 2.05) is 37.3 Å². The summed E-state index contributed by atoms with van der Waals surface area (Å²) in [5, 5.41) is 0. The van der Waals surface area contributed by atoms with Crippen LogP contribution in [0.5, 0.6) is 0 Å². The molecule has 0 aliphatic heterocycles. The van der Waals surface area contributed by atoms with Crippen molar-refractivity contribution in [2.24, 2.45) is 0 Å². The van der Waals surface area contributed by atoms with Crippen molar-refractivity contribution in [1.82, 2.24) is 0 Å². The fraction of sp³-hybridized carbons (Fsp3) is 0.211. The number of aryl methyl sites for hydroxylation is 3. The zero-order valence-electron chi connectivity index (χ0n) is 12.5. The predicted molar refractivity (Wildman–Crippen MR) is 85.2 cm³/mol. The van der Waals surface area contributed by atoms with Crippen LogP contribution >= 0.6 is 0 Å². The third-order valence-electron chi connectivity index (χ3n) is 3.71. The van der Waals surface area contributed by atoms with Crippen molar-refractivity contribution in [3.05, 3.63) is 75.9 Å². The molecule has 0 radical (unpaired) electrons. The lowest BCUT2D eigenvalue weighted by atomic mass is 10.00. The van der Waals surface area contributed by atoms with Gasteiger partial charge in [-0.05, 0) is 56.0 Å². The molecule has 20 heavy (non-hydrogen) atoms. The maximum atomic E-state index is 12.1. The van der Waals surface area contributed by atoms with Gasteiger partial charge in [-0.3, -0.25) is 4.79 Å². The standard InChI is InChI=1S/C19H20O/c1-13-5-8-18(9-6-13)19(20)10-7-17-11-14(2)16(4)15(3)12-17/h5-12H,1-4H3/b10-7+. The zero-order chi connectivity index (χ0) is 14.7. The van der Waals surface area contributed by atoms with Gasteiger partial charge >= 0.3 is 0 Å². The highest BCUT2D eigenvalue weighted by atomic mass is 16.1. The Morgan fingerprint density at radius 3 is 2.00 bits per heavy atom. The fourth-order valence-corrected chi connectivity index (χ4v) is 2.15. The molecule has 0 saturated carbocycles. The Balaban J connectivity index is 2.21. The summed E-state index contributed by atoms with van der Waals surface area (Å²) in [5.41, 5.74) is 6.79. The minimum Gasteiger partial charge on any atom is -0.289 e. The van der Waals surface area contributed by atoms with Gasteiger partial charge in [0.1, 0.15) is 0 Å². The Morgan fingerprint density at radius 1 is 0.900 bits per heavy atom. The normalized spacial score (nSPS) is 11.0. The van der Waals surface area contributed by atoms with Crippen LogP contribution in [0.2, 0.25) is 0 Å². The summed E-state index contributed by atoms with van der Waals surface area (Å²) in [6, 6.07) is 11.9. The van der Waals surface area contributed by atoms with Crippen LogP contribution < -0.4 is 0 Å². The van der Waals surface area contributed by atoms with Gasteiger partial charge in [0.15, 0.2) is 5.78 Å². The highest BCUT2D eigenvalue weighted by Gasteiger charge is 2.02. The van der Waals surface area contributed by atoms with E-state index in [-0.39, 0.29) is 5.78 Å². The maximum absolute atomic E-state index is 12.1. The quantitative estimate of drug-likeness (QED) is 0.574. The number of hydrogen-bond donors (Lipinski definition) is 0. The number of carbonyl (C=O) groups is 1. The molecule has 2 rings (SSSR count). The summed E-state index contributed by atoms with van der Waals surface area (Å²) in [4.78, 5) is 12.1. The Bertz CT molecular complexity index is 638. The molecule has 0 bridgehead atoms. The number of carbonyl (C=O) groups excluding carboxylic acids is 1. The average Bonchev–Trinajstić information content (AvgIpc) is 2.42. The second-order valence-corrected chi connectivity index (χ2v) is 5.34. The largest absolute Gasteiger partial charge is 0.289 e. The van der Waals surface area contributed by atoms with E-state index in [0.29, 0.717) is 0 Å². The van der Waals surface area contributed by atoms with Gasteiger partial charge in [0.25, 0.3) is 0 Å². The molecule has 0 unspecified atom stereocenters. The first-order valence-electron chi connectivity index (χ1n) is 6.84. The van der Waals surface area contributed by atoms with Crippen LogP contribution in [0.3, 0.4) is 0 Å². The van der Waals surface area contributed by atoms with Crippen LogP contribution in [-0.4, -0.2) is 5.78 Å². The molecule has 0 saturated heterocycles. The third-order valence-corrected chi connectivity index (χ3v) is 3.71. The minimum atomic E-state index is 0.0425. The van der Waals surface area contributed by atoms with Crippen molar-refractivity contribution in [3.63, 3.8) is 0 Å². The Kier molecular flexibility index (Phi) is 4.19. The Morgan fingerprint density at radius 2 is 1.45 bits per heavy atom. The van der Waals surface area contributed by atoms with Crippen molar-refractivity contribution in [3.8, 4) is 0 Å². The molecule has 0 amide bonds. The summed E-state index contributed by atoms with van der Waals surface area (Å²) in [5.74, 6) is 0.0425. The fourth-order valence-electron chi connectivity index (χ4n) is 2.15. The third kappa shape index (κ3) is 3.24. The lowest BCUT2D eigenvalue weighted by Gasteiger charge is -2.06. The maximum Gasteiger partial charge on any atom is 0.185 e. The van der Waals surface area contributed by atoms with Gasteiger partial charge in [-0.15, -0.1) is 0 Å². The van der Waals surface area contributed by atoms with Gasteiger partial charge in [-0.25, -0.2) is 0 Å². The molecule has 1 heteroatoms. The lowest BCUT2D eigenvalue weighted by molar-refractivity contribution is 0.104. The Labute approximate surface area is 121 Å². The van der Waals surface area contributed by atoms with Crippen LogP contribution in [0.25, 0.3) is 6.08 Å². The molecule has 0 aromatic heterocycles. The molecule has 0 atom stereocenters. The molecule has 0 aliphatic carbocycles. The van der Waals surface area contributed by atoms with Crippen LogP contribution in [0.4, 0.5) is 0 Å². The second-order valence-electron chi connectivity index (χ2n) is 5.34. The Hall–Kier alpha value is -2.15. The molecule has 2 aromatic rings. The van der Waals surface area contributed by atoms with E-state index in [0.717, 1.165) is 16.7 Å². The summed E-state index contributed by atoms with van der Waals surface area (Å²) in [6.45, 7) is 8.33. The van der Waals surface area contributed by atoms with E-state index < -0.39 is 0 Å². The molecular weight excluding hydrogens is 244 g/mol. The van der Waals surface area contributed by atoms with E-state index >= 15 is 0 Å². The molecular formula is C19H20O. The van der Waals surface area contributed by atoms with E-state index in [2.05, 4.69) is 32.9 Å². The first-order valence-corrected chi connectivity index (χ1v) is 6.84. The van der Waals surface area contributed by atoms with Gasteiger partial charge in [0.05, 0.1) is 0 Å². The van der Waals surface area contributed by atoms with Gasteiger partial charge in [-0.1, -0.05) is 48.0 Å². The van der Waals surface area contributed by atoms with Crippen molar-refractivity contribution < 1.29 is 4.79 Å². The highest BCUT2D eigenvalue weighted by Crippen LogP contribution is 2.16. The predicted octanol–water partition coefficient (Wildman–Crippen LogP) is 4.82. The monoisotopic (exact) mass is 264 g/mol. The number of hydrogen-bond acceptors (Lipinski definition) is 1.